The Morgan fingerprint density at radius 2 is 2.19 bits per heavy atom. The Morgan fingerprint density at radius 1 is 1.35 bits per heavy atom. The maximum atomic E-state index is 13.2. The standard InChI is InChI=1S/C19H19FN4O2/c1-12-10-14(20)7-8-15(12)21-17(25)11-24-9-3-6-16(24)19-23-22-18(26-19)13-4-2-5-13/h3,6-10,13H,2,4-5,11H2,1H3,(H,21,25). The van der Waals surface area contributed by atoms with Gasteiger partial charge in [0, 0.05) is 17.8 Å². The molecular weight excluding hydrogens is 335 g/mol. The highest BCUT2D eigenvalue weighted by atomic mass is 19.1. The minimum Gasteiger partial charge on any atom is -0.419 e. The number of hydrogen-bond acceptors (Lipinski definition) is 4. The van der Waals surface area contributed by atoms with E-state index in [9.17, 15) is 9.18 Å². The molecule has 1 amide bonds. The monoisotopic (exact) mass is 354 g/mol. The van der Waals surface area contributed by atoms with Gasteiger partial charge in [0.2, 0.25) is 11.8 Å². The van der Waals surface area contributed by atoms with Crippen LogP contribution in [-0.4, -0.2) is 20.7 Å². The van der Waals surface area contributed by atoms with Crippen molar-refractivity contribution in [3.63, 3.8) is 0 Å². The van der Waals surface area contributed by atoms with Gasteiger partial charge in [-0.1, -0.05) is 6.42 Å². The van der Waals surface area contributed by atoms with Crippen molar-refractivity contribution in [1.82, 2.24) is 14.8 Å². The zero-order chi connectivity index (χ0) is 18.1. The molecule has 0 aliphatic heterocycles. The summed E-state index contributed by atoms with van der Waals surface area (Å²) >= 11 is 0. The molecule has 2 aromatic heterocycles. The predicted octanol–water partition coefficient (Wildman–Crippen LogP) is 3.89. The second-order valence-corrected chi connectivity index (χ2v) is 6.60. The van der Waals surface area contributed by atoms with E-state index < -0.39 is 0 Å². The average Bonchev–Trinajstić information content (AvgIpc) is 3.18. The van der Waals surface area contributed by atoms with E-state index >= 15 is 0 Å². The number of benzene rings is 1. The molecule has 0 radical (unpaired) electrons. The molecule has 26 heavy (non-hydrogen) atoms. The number of nitrogens with zero attached hydrogens (tertiary/aromatic N) is 3. The maximum Gasteiger partial charge on any atom is 0.264 e. The van der Waals surface area contributed by atoms with Crippen LogP contribution >= 0.6 is 0 Å². The molecule has 1 aromatic carbocycles. The molecule has 0 bridgehead atoms. The highest BCUT2D eigenvalue weighted by molar-refractivity contribution is 5.91. The van der Waals surface area contributed by atoms with Crippen LogP contribution in [0.2, 0.25) is 0 Å². The summed E-state index contributed by atoms with van der Waals surface area (Å²) in [6, 6.07) is 7.94. The van der Waals surface area contributed by atoms with Crippen LogP contribution in [0, 0.1) is 12.7 Å². The third-order valence-corrected chi connectivity index (χ3v) is 4.72. The zero-order valence-corrected chi connectivity index (χ0v) is 14.4. The fourth-order valence-electron chi connectivity index (χ4n) is 3.02. The van der Waals surface area contributed by atoms with E-state index in [0.717, 1.165) is 12.8 Å². The van der Waals surface area contributed by atoms with E-state index in [0.29, 0.717) is 34.6 Å². The molecule has 4 rings (SSSR count). The topological polar surface area (TPSA) is 73.0 Å². The fourth-order valence-corrected chi connectivity index (χ4v) is 3.02. The molecule has 3 aromatic rings. The van der Waals surface area contributed by atoms with Gasteiger partial charge in [-0.3, -0.25) is 4.79 Å². The van der Waals surface area contributed by atoms with Crippen molar-refractivity contribution >= 4 is 11.6 Å². The summed E-state index contributed by atoms with van der Waals surface area (Å²) in [4.78, 5) is 12.4. The van der Waals surface area contributed by atoms with Crippen LogP contribution in [0.1, 0.15) is 36.6 Å². The zero-order valence-electron chi connectivity index (χ0n) is 14.4. The largest absolute Gasteiger partial charge is 0.419 e. The van der Waals surface area contributed by atoms with Crippen molar-refractivity contribution in [2.45, 2.75) is 38.6 Å². The highest BCUT2D eigenvalue weighted by Gasteiger charge is 2.26. The number of anilines is 1. The molecule has 0 spiro atoms. The molecule has 0 unspecified atom stereocenters. The molecule has 1 aliphatic rings. The van der Waals surface area contributed by atoms with Crippen LogP contribution in [0.3, 0.4) is 0 Å². The third kappa shape index (κ3) is 3.24. The van der Waals surface area contributed by atoms with Gasteiger partial charge in [0.15, 0.2) is 0 Å². The number of amides is 1. The Morgan fingerprint density at radius 3 is 2.92 bits per heavy atom. The quantitative estimate of drug-likeness (QED) is 0.754. The summed E-state index contributed by atoms with van der Waals surface area (Å²) in [6.45, 7) is 1.85. The van der Waals surface area contributed by atoms with Crippen molar-refractivity contribution in [2.75, 3.05) is 5.32 Å². The minimum absolute atomic E-state index is 0.0975. The van der Waals surface area contributed by atoms with Gasteiger partial charge >= 0.3 is 0 Å². The molecule has 134 valence electrons. The summed E-state index contributed by atoms with van der Waals surface area (Å²) in [5.41, 5.74) is 1.97. The Labute approximate surface area is 150 Å². The van der Waals surface area contributed by atoms with Crippen LogP contribution in [-0.2, 0) is 11.3 Å². The number of aryl methyl sites for hydroxylation is 1. The lowest BCUT2D eigenvalue weighted by Crippen LogP contribution is -2.19. The molecule has 1 saturated carbocycles. The first-order chi connectivity index (χ1) is 12.6. The Balaban J connectivity index is 1.48. The number of nitrogens with one attached hydrogen (secondary N) is 1. The van der Waals surface area contributed by atoms with E-state index in [2.05, 4.69) is 15.5 Å². The molecule has 1 aliphatic carbocycles. The summed E-state index contributed by atoms with van der Waals surface area (Å²) in [5.74, 6) is 0.917. The molecule has 7 heteroatoms. The first-order valence-corrected chi connectivity index (χ1v) is 8.65. The molecule has 1 fully saturated rings. The second kappa shape index (κ2) is 6.74. The van der Waals surface area contributed by atoms with Gasteiger partial charge in [-0.05, 0) is 55.7 Å². The van der Waals surface area contributed by atoms with Gasteiger partial charge in [-0.25, -0.2) is 4.39 Å². The fraction of sp³-hybridized carbons (Fsp3) is 0.316. The predicted molar refractivity (Wildman–Crippen MR) is 94.1 cm³/mol. The smallest absolute Gasteiger partial charge is 0.264 e. The second-order valence-electron chi connectivity index (χ2n) is 6.60. The molecule has 2 heterocycles. The average molecular weight is 354 g/mol. The SMILES string of the molecule is Cc1cc(F)ccc1NC(=O)Cn1cccc1-c1nnc(C2CCC2)o1. The van der Waals surface area contributed by atoms with Crippen LogP contribution in [0.4, 0.5) is 10.1 Å². The number of carbonyl (C=O) groups excluding carboxylic acids is 1. The molecule has 6 nitrogen and oxygen atoms in total. The normalized spacial score (nSPS) is 14.2. The lowest BCUT2D eigenvalue weighted by atomic mass is 9.85. The summed E-state index contributed by atoms with van der Waals surface area (Å²) in [5, 5.41) is 11.1. The summed E-state index contributed by atoms with van der Waals surface area (Å²) < 4.78 is 20.7. The van der Waals surface area contributed by atoms with E-state index in [1.165, 1.54) is 18.6 Å². The maximum absolute atomic E-state index is 13.2. The Bertz CT molecular complexity index is 943. The number of halogens is 1. The Hall–Kier alpha value is -2.96. The van der Waals surface area contributed by atoms with Gasteiger partial charge in [-0.2, -0.15) is 0 Å². The number of carbonyl (C=O) groups is 1. The first-order valence-electron chi connectivity index (χ1n) is 8.65. The number of rotatable bonds is 5. The lowest BCUT2D eigenvalue weighted by Gasteiger charge is -2.20. The van der Waals surface area contributed by atoms with Gasteiger partial charge < -0.3 is 14.3 Å². The van der Waals surface area contributed by atoms with E-state index in [4.69, 9.17) is 4.42 Å². The summed E-state index contributed by atoms with van der Waals surface area (Å²) in [6.07, 6.45) is 5.16. The van der Waals surface area contributed by atoms with Crippen LogP contribution in [0.15, 0.2) is 40.9 Å². The third-order valence-electron chi connectivity index (χ3n) is 4.72. The molecular formula is C19H19FN4O2. The first kappa shape index (κ1) is 16.5. The molecule has 1 N–H and O–H groups in total. The number of aromatic nitrogens is 3. The minimum atomic E-state index is -0.327. The van der Waals surface area contributed by atoms with Crippen LogP contribution < -0.4 is 5.32 Å². The van der Waals surface area contributed by atoms with Gasteiger partial charge in [0.25, 0.3) is 5.89 Å². The summed E-state index contributed by atoms with van der Waals surface area (Å²) in [7, 11) is 0. The van der Waals surface area contributed by atoms with E-state index in [1.807, 2.05) is 12.1 Å². The van der Waals surface area contributed by atoms with Crippen LogP contribution in [0.25, 0.3) is 11.6 Å². The van der Waals surface area contributed by atoms with Crippen molar-refractivity contribution in [3.05, 3.63) is 53.8 Å². The van der Waals surface area contributed by atoms with E-state index in [-0.39, 0.29) is 18.3 Å². The van der Waals surface area contributed by atoms with Gasteiger partial charge in [0.05, 0.1) is 0 Å². The number of hydrogen-bond donors (Lipinski definition) is 1. The van der Waals surface area contributed by atoms with Crippen molar-refractivity contribution < 1.29 is 13.6 Å². The van der Waals surface area contributed by atoms with Gasteiger partial charge in [0.1, 0.15) is 18.1 Å². The van der Waals surface area contributed by atoms with Crippen molar-refractivity contribution in [1.29, 1.82) is 0 Å². The molecule has 0 atom stereocenters. The van der Waals surface area contributed by atoms with Crippen molar-refractivity contribution in [2.24, 2.45) is 0 Å². The van der Waals surface area contributed by atoms with Crippen molar-refractivity contribution in [3.8, 4) is 11.6 Å². The molecule has 0 saturated heterocycles. The van der Waals surface area contributed by atoms with Crippen LogP contribution in [0.5, 0.6) is 0 Å². The van der Waals surface area contributed by atoms with E-state index in [1.54, 1.807) is 23.8 Å². The van der Waals surface area contributed by atoms with Gasteiger partial charge in [-0.15, -0.1) is 10.2 Å². The highest BCUT2D eigenvalue weighted by Crippen LogP contribution is 2.36. The Kier molecular flexibility index (Phi) is 4.28. The lowest BCUT2D eigenvalue weighted by molar-refractivity contribution is -0.116.